The fourth-order valence-corrected chi connectivity index (χ4v) is 3.47. The second-order valence-electron chi connectivity index (χ2n) is 6.76. The minimum Gasteiger partial charge on any atom is -0.508 e. The lowest BCUT2D eigenvalue weighted by atomic mass is 9.97. The third-order valence-electron chi connectivity index (χ3n) is 4.83. The number of hydrogen-bond donors (Lipinski definition) is 1. The van der Waals surface area contributed by atoms with Crippen LogP contribution in [0.25, 0.3) is 6.08 Å². The molecule has 0 aromatic heterocycles. The van der Waals surface area contributed by atoms with Crippen LogP contribution in [0, 0.1) is 0 Å². The number of nitrogens with zero attached hydrogens (tertiary/aromatic N) is 2. The molecule has 1 atom stereocenters. The molecule has 0 spiro atoms. The number of amides is 1. The van der Waals surface area contributed by atoms with E-state index in [-0.39, 0.29) is 17.7 Å². The zero-order valence-corrected chi connectivity index (χ0v) is 16.3. The van der Waals surface area contributed by atoms with E-state index in [4.69, 9.17) is 11.6 Å². The van der Waals surface area contributed by atoms with Gasteiger partial charge in [0.15, 0.2) is 0 Å². The molecule has 3 aromatic rings. The molecule has 0 aliphatic carbocycles. The quantitative estimate of drug-likeness (QED) is 0.591. The number of halogens is 1. The number of rotatable bonds is 4. The van der Waals surface area contributed by atoms with E-state index >= 15 is 0 Å². The van der Waals surface area contributed by atoms with Gasteiger partial charge in [-0.3, -0.25) is 4.79 Å². The number of hydrazone groups is 1. The SMILES string of the molecule is O=C(C=Cc1ccc(Cl)cc1)N1N=C(c2ccccc2)CC1c1ccccc1O. The topological polar surface area (TPSA) is 52.9 Å². The highest BCUT2D eigenvalue weighted by Crippen LogP contribution is 2.37. The van der Waals surface area contributed by atoms with Gasteiger partial charge in [-0.25, -0.2) is 5.01 Å². The van der Waals surface area contributed by atoms with E-state index in [0.29, 0.717) is 17.0 Å². The van der Waals surface area contributed by atoms with Crippen LogP contribution in [0.4, 0.5) is 0 Å². The highest BCUT2D eigenvalue weighted by atomic mass is 35.5. The summed E-state index contributed by atoms with van der Waals surface area (Å²) in [6.45, 7) is 0. The minimum absolute atomic E-state index is 0.154. The zero-order valence-electron chi connectivity index (χ0n) is 15.6. The summed E-state index contributed by atoms with van der Waals surface area (Å²) in [5, 5.41) is 17.0. The average molecular weight is 403 g/mol. The lowest BCUT2D eigenvalue weighted by Crippen LogP contribution is -2.25. The van der Waals surface area contributed by atoms with Crippen LogP contribution >= 0.6 is 11.6 Å². The lowest BCUT2D eigenvalue weighted by molar-refractivity contribution is -0.127. The number of carbonyl (C=O) groups excluding carboxylic acids is 1. The summed E-state index contributed by atoms with van der Waals surface area (Å²) in [7, 11) is 0. The summed E-state index contributed by atoms with van der Waals surface area (Å²) in [5.74, 6) is -0.0966. The Labute approximate surface area is 174 Å². The van der Waals surface area contributed by atoms with Gasteiger partial charge in [-0.05, 0) is 35.4 Å². The van der Waals surface area contributed by atoms with Crippen molar-refractivity contribution < 1.29 is 9.90 Å². The molecule has 0 saturated carbocycles. The van der Waals surface area contributed by atoms with Crippen LogP contribution in [0.3, 0.4) is 0 Å². The van der Waals surface area contributed by atoms with Gasteiger partial charge >= 0.3 is 0 Å². The maximum absolute atomic E-state index is 13.0. The first kappa shape index (κ1) is 19.0. The van der Waals surface area contributed by atoms with E-state index in [1.165, 1.54) is 11.1 Å². The van der Waals surface area contributed by atoms with E-state index in [2.05, 4.69) is 5.10 Å². The third kappa shape index (κ3) is 4.23. The number of carbonyl (C=O) groups is 1. The van der Waals surface area contributed by atoms with E-state index in [9.17, 15) is 9.90 Å². The molecular weight excluding hydrogens is 384 g/mol. The summed E-state index contributed by atoms with van der Waals surface area (Å²) in [5.41, 5.74) is 3.32. The Kier molecular flexibility index (Phi) is 5.45. The van der Waals surface area contributed by atoms with Gasteiger partial charge in [0.05, 0.1) is 11.8 Å². The zero-order chi connectivity index (χ0) is 20.2. The van der Waals surface area contributed by atoms with Crippen molar-refractivity contribution in [2.45, 2.75) is 12.5 Å². The molecule has 0 saturated heterocycles. The van der Waals surface area contributed by atoms with Gasteiger partial charge in [0.2, 0.25) is 0 Å². The largest absolute Gasteiger partial charge is 0.508 e. The number of benzene rings is 3. The van der Waals surface area contributed by atoms with Crippen LogP contribution in [0.2, 0.25) is 5.02 Å². The first-order valence-electron chi connectivity index (χ1n) is 9.29. The van der Waals surface area contributed by atoms with Gasteiger partial charge in [-0.2, -0.15) is 5.10 Å². The summed E-state index contributed by atoms with van der Waals surface area (Å²) in [4.78, 5) is 13.0. The predicted octanol–water partition coefficient (Wildman–Crippen LogP) is 5.44. The van der Waals surface area contributed by atoms with Crippen LogP contribution in [-0.2, 0) is 4.79 Å². The van der Waals surface area contributed by atoms with Crippen molar-refractivity contribution in [1.29, 1.82) is 0 Å². The molecule has 0 fully saturated rings. The molecule has 4 rings (SSSR count). The minimum atomic E-state index is -0.367. The van der Waals surface area contributed by atoms with Crippen molar-refractivity contribution in [3.8, 4) is 5.75 Å². The number of phenolic OH excluding ortho intramolecular Hbond substituents is 1. The fourth-order valence-electron chi connectivity index (χ4n) is 3.35. The molecule has 4 nitrogen and oxygen atoms in total. The Morgan fingerprint density at radius 2 is 1.69 bits per heavy atom. The Morgan fingerprint density at radius 3 is 2.41 bits per heavy atom. The smallest absolute Gasteiger partial charge is 0.267 e. The van der Waals surface area contributed by atoms with E-state index < -0.39 is 0 Å². The molecule has 3 aromatic carbocycles. The number of phenols is 1. The first-order chi connectivity index (χ1) is 14.1. The standard InChI is InChI=1S/C24H19ClN2O2/c25-19-13-10-17(11-14-19)12-15-24(29)27-22(20-8-4-5-9-23(20)28)16-21(26-27)18-6-2-1-3-7-18/h1-15,22,28H,16H2. The molecule has 1 unspecified atom stereocenters. The second kappa shape index (κ2) is 8.33. The first-order valence-corrected chi connectivity index (χ1v) is 9.67. The van der Waals surface area contributed by atoms with Crippen LogP contribution in [0.5, 0.6) is 5.75 Å². The van der Waals surface area contributed by atoms with Gasteiger partial charge in [-0.15, -0.1) is 0 Å². The summed E-state index contributed by atoms with van der Waals surface area (Å²) in [6, 6.07) is 23.7. The van der Waals surface area contributed by atoms with Crippen LogP contribution in [0.1, 0.15) is 29.2 Å². The van der Waals surface area contributed by atoms with Gasteiger partial charge < -0.3 is 5.11 Å². The van der Waals surface area contributed by atoms with Crippen molar-refractivity contribution in [3.05, 3.63) is 107 Å². The van der Waals surface area contributed by atoms with E-state index in [1.54, 1.807) is 30.3 Å². The van der Waals surface area contributed by atoms with E-state index in [0.717, 1.165) is 16.8 Å². The van der Waals surface area contributed by atoms with Crippen molar-refractivity contribution in [3.63, 3.8) is 0 Å². The molecule has 29 heavy (non-hydrogen) atoms. The number of para-hydroxylation sites is 1. The number of aromatic hydroxyl groups is 1. The van der Waals surface area contributed by atoms with Crippen LogP contribution in [-0.4, -0.2) is 21.7 Å². The average Bonchev–Trinajstić information content (AvgIpc) is 3.19. The lowest BCUT2D eigenvalue weighted by Gasteiger charge is -2.21. The highest BCUT2D eigenvalue weighted by Gasteiger charge is 2.33. The Balaban J connectivity index is 1.65. The van der Waals surface area contributed by atoms with Crippen molar-refractivity contribution in [2.75, 3.05) is 0 Å². The molecule has 0 bridgehead atoms. The maximum atomic E-state index is 13.0. The van der Waals surface area contributed by atoms with Crippen LogP contribution in [0.15, 0.2) is 90.0 Å². The molecule has 0 radical (unpaired) electrons. The summed E-state index contributed by atoms with van der Waals surface area (Å²) < 4.78 is 0. The predicted molar refractivity (Wildman–Crippen MR) is 116 cm³/mol. The van der Waals surface area contributed by atoms with Gasteiger partial charge in [0.25, 0.3) is 5.91 Å². The van der Waals surface area contributed by atoms with Crippen molar-refractivity contribution in [2.24, 2.45) is 5.10 Å². The van der Waals surface area contributed by atoms with Gasteiger partial charge in [0, 0.05) is 23.1 Å². The van der Waals surface area contributed by atoms with Gasteiger partial charge in [0.1, 0.15) is 5.75 Å². The Morgan fingerprint density at radius 1 is 1.00 bits per heavy atom. The normalized spacial score (nSPS) is 16.2. The second-order valence-corrected chi connectivity index (χ2v) is 7.20. The molecule has 1 aliphatic heterocycles. The van der Waals surface area contributed by atoms with E-state index in [1.807, 2.05) is 54.6 Å². The molecule has 1 N–H and O–H groups in total. The monoisotopic (exact) mass is 402 g/mol. The molecule has 144 valence electrons. The fraction of sp³-hybridized carbons (Fsp3) is 0.0833. The van der Waals surface area contributed by atoms with Crippen molar-refractivity contribution >= 4 is 29.3 Å². The molecule has 5 heteroatoms. The molecule has 1 aliphatic rings. The molecule has 1 amide bonds. The Hall–Kier alpha value is -3.37. The third-order valence-corrected chi connectivity index (χ3v) is 5.08. The van der Waals surface area contributed by atoms with Gasteiger partial charge in [-0.1, -0.05) is 72.3 Å². The number of hydrogen-bond acceptors (Lipinski definition) is 3. The van der Waals surface area contributed by atoms with Crippen molar-refractivity contribution in [1.82, 2.24) is 5.01 Å². The molecule has 1 heterocycles. The highest BCUT2D eigenvalue weighted by molar-refractivity contribution is 6.30. The maximum Gasteiger partial charge on any atom is 0.267 e. The molecular formula is C24H19ClN2O2. The summed E-state index contributed by atoms with van der Waals surface area (Å²) in [6.07, 6.45) is 3.76. The van der Waals surface area contributed by atoms with Crippen LogP contribution < -0.4 is 0 Å². The Bertz CT molecular complexity index is 1080. The summed E-state index contributed by atoms with van der Waals surface area (Å²) >= 11 is 5.91.